The van der Waals surface area contributed by atoms with E-state index >= 15 is 0 Å². The van der Waals surface area contributed by atoms with E-state index in [0.29, 0.717) is 66.9 Å². The molecule has 2 aromatic carbocycles. The highest BCUT2D eigenvalue weighted by Crippen LogP contribution is 2.45. The number of unbranched alkanes of at least 4 members (excludes halogenated alkanes) is 20. The third kappa shape index (κ3) is 23.6. The lowest BCUT2D eigenvalue weighted by Gasteiger charge is -2.23. The van der Waals surface area contributed by atoms with Crippen molar-refractivity contribution in [2.75, 3.05) is 57.4 Å². The maximum Gasteiger partial charge on any atom is 0.472 e. The maximum atomic E-state index is 13.7. The van der Waals surface area contributed by atoms with E-state index in [1.165, 1.54) is 95.6 Å². The van der Waals surface area contributed by atoms with Crippen LogP contribution in [0.5, 0.6) is 0 Å². The van der Waals surface area contributed by atoms with Crippen LogP contribution in [-0.4, -0.2) is 96.9 Å². The molecule has 0 radical (unpaired) electrons. The predicted octanol–water partition coefficient (Wildman–Crippen LogP) is 13.0. The normalized spacial score (nSPS) is 13.2. The number of anilines is 1. The van der Waals surface area contributed by atoms with Crippen molar-refractivity contribution in [3.63, 3.8) is 0 Å². The highest BCUT2D eigenvalue weighted by molar-refractivity contribution is 7.89. The van der Waals surface area contributed by atoms with Gasteiger partial charge in [0, 0.05) is 72.4 Å². The van der Waals surface area contributed by atoms with E-state index in [9.17, 15) is 40.4 Å². The third-order valence-electron chi connectivity index (χ3n) is 14.5. The van der Waals surface area contributed by atoms with Crippen molar-refractivity contribution in [2.45, 2.75) is 212 Å². The van der Waals surface area contributed by atoms with Crippen LogP contribution < -0.4 is 19.6 Å². The van der Waals surface area contributed by atoms with Crippen molar-refractivity contribution in [3.8, 4) is 22.5 Å². The Morgan fingerprint density at radius 2 is 1.20 bits per heavy atom. The number of sulfonamides is 1. The molecule has 0 spiro atoms. The van der Waals surface area contributed by atoms with Gasteiger partial charge in [0.1, 0.15) is 41.2 Å². The molecule has 20 heteroatoms. The van der Waals surface area contributed by atoms with E-state index in [4.69, 9.17) is 22.9 Å². The molecule has 450 valence electrons. The fourth-order valence-electron chi connectivity index (χ4n) is 9.93. The van der Waals surface area contributed by atoms with E-state index in [-0.39, 0.29) is 18.4 Å². The summed E-state index contributed by atoms with van der Waals surface area (Å²) in [7, 11) is -14.8. The summed E-state index contributed by atoms with van der Waals surface area (Å²) in [4.78, 5) is 37.1. The van der Waals surface area contributed by atoms with Crippen molar-refractivity contribution in [2.24, 2.45) is 0 Å². The fraction of sp³-hybridized carbons (Fsp3) is 0.650. The van der Waals surface area contributed by atoms with E-state index in [0.717, 1.165) is 62.1 Å². The molecule has 1 aliphatic carbocycles. The number of benzene rings is 3. The van der Waals surface area contributed by atoms with Crippen molar-refractivity contribution < 1.29 is 63.4 Å². The molecule has 0 amide bonds. The number of ether oxygens (including phenoxy) is 2. The van der Waals surface area contributed by atoms with Crippen LogP contribution in [0.2, 0.25) is 0 Å². The summed E-state index contributed by atoms with van der Waals surface area (Å²) in [6, 6.07) is 14.3. The molecule has 17 nitrogen and oxygen atoms in total. The zero-order valence-electron chi connectivity index (χ0n) is 48.8. The molecule has 2 aromatic rings. The number of carbonyl (C=O) groups is 2. The molecule has 2 N–H and O–H groups in total. The van der Waals surface area contributed by atoms with Crippen LogP contribution in [0.25, 0.3) is 33.4 Å². The highest BCUT2D eigenvalue weighted by atomic mass is 32.2. The first-order chi connectivity index (χ1) is 38.4. The number of nitrogens with zero attached hydrogens (tertiary/aromatic N) is 2. The summed E-state index contributed by atoms with van der Waals surface area (Å²) in [5.41, 5.74) is 2.11. The Kier molecular flexibility index (Phi) is 31.1. The van der Waals surface area contributed by atoms with Gasteiger partial charge in [0.15, 0.2) is 6.10 Å². The summed E-state index contributed by atoms with van der Waals surface area (Å²) < 4.78 is 112. The lowest BCUT2D eigenvalue weighted by molar-refractivity contribution is -0.161. The quantitative estimate of drug-likeness (QED) is 0.0105. The van der Waals surface area contributed by atoms with Gasteiger partial charge in [-0.15, -0.1) is 0 Å². The van der Waals surface area contributed by atoms with Crippen LogP contribution in [-0.2, 0) is 52.8 Å². The molecule has 80 heavy (non-hydrogen) atoms. The summed E-state index contributed by atoms with van der Waals surface area (Å²) in [6.45, 7) is 13.0. The number of rotatable bonds is 43. The lowest BCUT2D eigenvalue weighted by atomic mass is 9.93. The average molecular weight is 1180 g/mol. The molecule has 0 aromatic heterocycles. The summed E-state index contributed by atoms with van der Waals surface area (Å²) in [5.74, 6) is -0.647. The first kappa shape index (κ1) is 68.3. The number of phosphoric ester groups is 1. The van der Waals surface area contributed by atoms with Gasteiger partial charge in [0.25, 0.3) is 0 Å². The van der Waals surface area contributed by atoms with E-state index in [2.05, 4.69) is 28.0 Å². The highest BCUT2D eigenvalue weighted by Gasteiger charge is 2.28. The topological polar surface area (TPSA) is 231 Å². The minimum atomic E-state index is -5.32. The van der Waals surface area contributed by atoms with Crippen LogP contribution in [0.4, 0.5) is 5.69 Å². The Morgan fingerprint density at radius 1 is 0.662 bits per heavy atom. The van der Waals surface area contributed by atoms with Gasteiger partial charge in [-0.2, -0.15) is 0 Å². The van der Waals surface area contributed by atoms with E-state index in [1.54, 1.807) is 12.1 Å². The number of hydrogen-bond acceptors (Lipinski definition) is 14. The average Bonchev–Trinajstić information content (AvgIpc) is 3.63. The van der Waals surface area contributed by atoms with Gasteiger partial charge < -0.3 is 28.2 Å². The summed E-state index contributed by atoms with van der Waals surface area (Å²) in [6.07, 6.45) is 23.5. The Bertz CT molecular complexity index is 2810. The first-order valence-electron chi connectivity index (χ1n) is 29.8. The Labute approximate surface area is 478 Å². The molecule has 1 aliphatic heterocycles. The number of phosphoric acid groups is 1. The molecule has 2 atom stereocenters. The van der Waals surface area contributed by atoms with E-state index < -0.39 is 82.2 Å². The summed E-state index contributed by atoms with van der Waals surface area (Å²) >= 11 is 0. The van der Waals surface area contributed by atoms with Crippen LogP contribution in [0.3, 0.4) is 0 Å². The van der Waals surface area contributed by atoms with Crippen molar-refractivity contribution >= 4 is 56.6 Å². The minimum Gasteiger partial charge on any atom is -0.744 e. The molecule has 4 rings (SSSR count). The van der Waals surface area contributed by atoms with Gasteiger partial charge in [-0.05, 0) is 70.9 Å². The van der Waals surface area contributed by atoms with Crippen molar-refractivity contribution in [3.05, 3.63) is 60.0 Å². The van der Waals surface area contributed by atoms with Crippen LogP contribution in [0, 0.1) is 0 Å². The van der Waals surface area contributed by atoms with Crippen LogP contribution >= 0.6 is 7.82 Å². The molecular formula is C60H94N3O14PS2. The second kappa shape index (κ2) is 36.4. The maximum absolute atomic E-state index is 13.7. The zero-order chi connectivity index (χ0) is 58.4. The molecule has 0 saturated carbocycles. The van der Waals surface area contributed by atoms with Gasteiger partial charge >= 0.3 is 19.8 Å². The second-order valence-electron chi connectivity index (χ2n) is 20.7. The Hall–Kier alpha value is -4.20. The molecule has 1 unspecified atom stereocenters. The number of fused-ring (bicyclic) bond motifs is 2. The Balaban J connectivity index is 1.41. The molecule has 0 bridgehead atoms. The fourth-order valence-corrected chi connectivity index (χ4v) is 12.5. The largest absolute Gasteiger partial charge is 0.744 e. The monoisotopic (exact) mass is 1180 g/mol. The molecule has 0 fully saturated rings. The molecular weight excluding hydrogens is 1080 g/mol. The van der Waals surface area contributed by atoms with Gasteiger partial charge in [-0.25, -0.2) is 30.7 Å². The smallest absolute Gasteiger partial charge is 0.472 e. The second-order valence-corrected chi connectivity index (χ2v) is 25.2. The van der Waals surface area contributed by atoms with Gasteiger partial charge in [0.05, 0.1) is 29.1 Å². The number of esters is 2. The van der Waals surface area contributed by atoms with Gasteiger partial charge in [-0.1, -0.05) is 148 Å². The van der Waals surface area contributed by atoms with Gasteiger partial charge in [0.2, 0.25) is 15.4 Å². The number of hydrogen-bond donors (Lipinski definition) is 2. The van der Waals surface area contributed by atoms with Crippen molar-refractivity contribution in [1.29, 1.82) is 0 Å². The van der Waals surface area contributed by atoms with E-state index in [1.807, 2.05) is 52.0 Å². The number of carbonyl (C=O) groups excluding carboxylic acids is 2. The van der Waals surface area contributed by atoms with Crippen molar-refractivity contribution in [1.82, 2.24) is 9.30 Å². The third-order valence-corrected chi connectivity index (χ3v) is 17.8. The SMILES string of the molecule is CCCCCCCCCCCCCC(=O)OC[C@H](COP(=O)(O)OCCNS(=O)(=O)c1ccc(-c2c3ccc(=[N+](CC)CC)cc-3oc3cc(N(CC)CC)ccc23)c(S(=O)(=O)[O-])c1)OC(=O)CCCCCCCCCCCCC. The molecule has 2 aliphatic rings. The lowest BCUT2D eigenvalue weighted by Crippen LogP contribution is -2.30. The predicted molar refractivity (Wildman–Crippen MR) is 316 cm³/mol. The van der Waals surface area contributed by atoms with Crippen LogP contribution in [0.1, 0.15) is 196 Å². The Morgan fingerprint density at radius 3 is 1.74 bits per heavy atom. The number of nitrogens with one attached hydrogen (secondary N) is 1. The summed E-state index contributed by atoms with van der Waals surface area (Å²) in [5, 5.41) is 1.36. The minimum absolute atomic E-state index is 0.0326. The van der Waals surface area contributed by atoms with Crippen LogP contribution in [0.15, 0.2) is 68.8 Å². The molecule has 1 heterocycles. The van der Waals surface area contributed by atoms with Gasteiger partial charge in [-0.3, -0.25) is 18.6 Å². The standard InChI is InChI=1S/C60H94N3O14PS2/c1-7-13-15-17-19-21-23-25-27-29-31-33-58(64)73-46-50(76-59(65)34-32-30-28-26-24-22-20-18-16-14-8-2)47-75-78(66,67)74-42-41-61-79(68,69)51-37-40-54(57(45-51)80(70,71)72)60-52-38-35-48(62(9-3)10-4)43-55(52)77-56-44-49(36-39-53(56)60)63(11-5)12-6/h35-40,43-45,50,61H,7-34,41-42,46-47H2,1-6H3,(H-,66,67,70,71,72)/t50-/m1/s1. The molecule has 0 saturated heterocycles. The zero-order valence-corrected chi connectivity index (χ0v) is 51.3. The first-order valence-corrected chi connectivity index (χ1v) is 34.2.